The van der Waals surface area contributed by atoms with E-state index >= 15 is 0 Å². The predicted molar refractivity (Wildman–Crippen MR) is 105 cm³/mol. The van der Waals surface area contributed by atoms with Gasteiger partial charge in [0, 0.05) is 11.8 Å². The Hall–Kier alpha value is -1.87. The lowest BCUT2D eigenvalue weighted by atomic mass is 10.1. The van der Waals surface area contributed by atoms with Crippen LogP contribution in [0.5, 0.6) is 0 Å². The molecule has 7 nitrogen and oxygen atoms in total. The number of rotatable bonds is 3. The van der Waals surface area contributed by atoms with Crippen LogP contribution in [-0.2, 0) is 12.8 Å². The monoisotopic (exact) mass is 403 g/mol. The number of imidazole rings is 1. The van der Waals surface area contributed by atoms with E-state index in [9.17, 15) is 10.2 Å². The molecule has 140 valence electrons. The highest BCUT2D eigenvalue weighted by Crippen LogP contribution is 2.38. The third-order valence-corrected chi connectivity index (χ3v) is 6.73. The summed E-state index contributed by atoms with van der Waals surface area (Å²) in [4.78, 5) is 13.1. The van der Waals surface area contributed by atoms with Gasteiger partial charge in [0.15, 0.2) is 17.0 Å². The van der Waals surface area contributed by atoms with Crippen molar-refractivity contribution in [1.29, 1.82) is 0 Å². The summed E-state index contributed by atoms with van der Waals surface area (Å²) in [6.45, 7) is 0. The molecule has 9 heteroatoms. The highest BCUT2D eigenvalue weighted by Gasteiger charge is 2.36. The molecular weight excluding hydrogens is 386 g/mol. The number of nitrogens with zero attached hydrogens (tertiary/aromatic N) is 4. The molecule has 0 spiro atoms. The van der Waals surface area contributed by atoms with Crippen molar-refractivity contribution in [2.24, 2.45) is 0 Å². The summed E-state index contributed by atoms with van der Waals surface area (Å²) in [5.74, 6) is 1.06. The lowest BCUT2D eigenvalue weighted by Crippen LogP contribution is -2.27. The normalized spacial score (nSPS) is 25.2. The van der Waals surface area contributed by atoms with Gasteiger partial charge in [-0.2, -0.15) is 9.97 Å². The molecule has 1 fully saturated rings. The van der Waals surface area contributed by atoms with Gasteiger partial charge in [-0.05, 0) is 35.6 Å². The zero-order valence-electron chi connectivity index (χ0n) is 14.3. The topological polar surface area (TPSA) is 96.1 Å². The highest BCUT2D eigenvalue weighted by molar-refractivity contribution is 7.99. The molecule has 3 heterocycles. The van der Waals surface area contributed by atoms with Gasteiger partial charge < -0.3 is 15.5 Å². The molecule has 3 N–H and O–H groups in total. The minimum atomic E-state index is -0.873. The molecule has 1 aliphatic carbocycles. The lowest BCUT2D eigenvalue weighted by Gasteiger charge is -2.17. The predicted octanol–water partition coefficient (Wildman–Crippen LogP) is 2.03. The molecule has 0 amide bonds. The first-order valence-electron chi connectivity index (χ1n) is 8.81. The number of benzene rings is 1. The minimum Gasteiger partial charge on any atom is -0.389 e. The van der Waals surface area contributed by atoms with Crippen LogP contribution in [0.3, 0.4) is 0 Å². The van der Waals surface area contributed by atoms with Crippen LogP contribution in [-0.4, -0.2) is 53.7 Å². The standard InChI is InChI=1S/C18H18ClN5O2S/c19-18-22-15(21-11-5-9-3-1-2-4-10(9)6-11)13-16(23-18)24(8-20-13)17-14(26)12(25)7-27-17/h1-4,8,11-12,14,17,25-26H,5-7H2,(H,21,22,23)/t12-,14-,17-/m1/s1. The van der Waals surface area contributed by atoms with Gasteiger partial charge in [-0.25, -0.2) is 4.98 Å². The fourth-order valence-corrected chi connectivity index (χ4v) is 5.31. The molecule has 2 aliphatic rings. The number of fused-ring (bicyclic) bond motifs is 2. The molecule has 1 saturated heterocycles. The molecule has 0 unspecified atom stereocenters. The molecule has 1 aromatic carbocycles. The summed E-state index contributed by atoms with van der Waals surface area (Å²) in [6, 6.07) is 8.63. The Morgan fingerprint density at radius 2 is 1.89 bits per heavy atom. The number of aromatic nitrogens is 4. The molecule has 3 atom stereocenters. The maximum atomic E-state index is 10.2. The van der Waals surface area contributed by atoms with Gasteiger partial charge in [0.25, 0.3) is 0 Å². The van der Waals surface area contributed by atoms with Gasteiger partial charge in [-0.3, -0.25) is 4.57 Å². The van der Waals surface area contributed by atoms with E-state index < -0.39 is 12.2 Å². The number of hydrogen-bond donors (Lipinski definition) is 3. The van der Waals surface area contributed by atoms with Crippen molar-refractivity contribution >= 4 is 40.3 Å². The maximum absolute atomic E-state index is 10.2. The van der Waals surface area contributed by atoms with Gasteiger partial charge in [-0.1, -0.05) is 24.3 Å². The van der Waals surface area contributed by atoms with Crippen LogP contribution in [0.15, 0.2) is 30.6 Å². The Morgan fingerprint density at radius 1 is 1.15 bits per heavy atom. The summed E-state index contributed by atoms with van der Waals surface area (Å²) in [5.41, 5.74) is 3.86. The number of aliphatic hydroxyl groups is 2. The first kappa shape index (κ1) is 17.2. The van der Waals surface area contributed by atoms with Crippen molar-refractivity contribution in [2.75, 3.05) is 11.1 Å². The van der Waals surface area contributed by atoms with E-state index in [1.54, 1.807) is 10.9 Å². The van der Waals surface area contributed by atoms with Crippen LogP contribution < -0.4 is 5.32 Å². The Kier molecular flexibility index (Phi) is 4.23. The largest absolute Gasteiger partial charge is 0.389 e. The molecule has 5 rings (SSSR count). The van der Waals surface area contributed by atoms with Crippen molar-refractivity contribution < 1.29 is 10.2 Å². The highest BCUT2D eigenvalue weighted by atomic mass is 35.5. The van der Waals surface area contributed by atoms with Crippen molar-refractivity contribution in [1.82, 2.24) is 19.5 Å². The Labute approximate surface area is 164 Å². The van der Waals surface area contributed by atoms with Crippen LogP contribution >= 0.6 is 23.4 Å². The number of thioether (sulfide) groups is 1. The summed E-state index contributed by atoms with van der Waals surface area (Å²) < 4.78 is 1.77. The maximum Gasteiger partial charge on any atom is 0.226 e. The first-order valence-corrected chi connectivity index (χ1v) is 10.2. The number of anilines is 1. The Bertz CT molecular complexity index is 988. The number of nitrogens with one attached hydrogen (secondary N) is 1. The van der Waals surface area contributed by atoms with E-state index in [0.29, 0.717) is 22.7 Å². The van der Waals surface area contributed by atoms with Crippen LogP contribution in [0.1, 0.15) is 16.5 Å². The lowest BCUT2D eigenvalue weighted by molar-refractivity contribution is 0.0313. The quantitative estimate of drug-likeness (QED) is 0.576. The van der Waals surface area contributed by atoms with E-state index in [2.05, 4.69) is 44.5 Å². The Balaban J connectivity index is 1.47. The Morgan fingerprint density at radius 3 is 2.56 bits per heavy atom. The molecule has 2 aromatic heterocycles. The molecule has 0 bridgehead atoms. The van der Waals surface area contributed by atoms with Gasteiger partial charge >= 0.3 is 0 Å². The minimum absolute atomic E-state index is 0.125. The van der Waals surface area contributed by atoms with Crippen LogP contribution in [0.25, 0.3) is 11.2 Å². The zero-order chi connectivity index (χ0) is 18.5. The van der Waals surface area contributed by atoms with E-state index in [0.717, 1.165) is 12.8 Å². The number of aliphatic hydroxyl groups excluding tert-OH is 2. The molecular formula is C18H18ClN5O2S. The van der Waals surface area contributed by atoms with Crippen molar-refractivity contribution in [3.8, 4) is 0 Å². The first-order chi connectivity index (χ1) is 13.1. The second kappa shape index (κ2) is 6.63. The summed E-state index contributed by atoms with van der Waals surface area (Å²) in [7, 11) is 0. The average molecular weight is 404 g/mol. The number of halogens is 1. The smallest absolute Gasteiger partial charge is 0.226 e. The van der Waals surface area contributed by atoms with Crippen molar-refractivity contribution in [3.05, 3.63) is 47.0 Å². The van der Waals surface area contributed by atoms with Gasteiger partial charge in [0.1, 0.15) is 11.5 Å². The molecule has 27 heavy (non-hydrogen) atoms. The van der Waals surface area contributed by atoms with E-state index in [-0.39, 0.29) is 16.7 Å². The van der Waals surface area contributed by atoms with Crippen molar-refractivity contribution in [2.45, 2.75) is 36.5 Å². The van der Waals surface area contributed by atoms with Crippen LogP contribution in [0, 0.1) is 0 Å². The van der Waals surface area contributed by atoms with Gasteiger partial charge in [-0.15, -0.1) is 11.8 Å². The number of hydrogen-bond acceptors (Lipinski definition) is 7. The summed E-state index contributed by atoms with van der Waals surface area (Å²) >= 11 is 7.64. The third kappa shape index (κ3) is 2.97. The van der Waals surface area contributed by atoms with E-state index in [4.69, 9.17) is 11.6 Å². The zero-order valence-corrected chi connectivity index (χ0v) is 15.9. The second-order valence-electron chi connectivity index (χ2n) is 6.97. The molecule has 0 radical (unpaired) electrons. The fraction of sp³-hybridized carbons (Fsp3) is 0.389. The van der Waals surface area contributed by atoms with E-state index in [1.165, 1.54) is 22.9 Å². The van der Waals surface area contributed by atoms with Gasteiger partial charge in [0.2, 0.25) is 5.28 Å². The summed E-state index contributed by atoms with van der Waals surface area (Å²) in [6.07, 6.45) is 1.84. The van der Waals surface area contributed by atoms with Crippen LogP contribution in [0.2, 0.25) is 5.28 Å². The van der Waals surface area contributed by atoms with Crippen molar-refractivity contribution in [3.63, 3.8) is 0 Å². The van der Waals surface area contributed by atoms with Crippen LogP contribution in [0.4, 0.5) is 5.82 Å². The average Bonchev–Trinajstić information content (AvgIpc) is 3.33. The van der Waals surface area contributed by atoms with E-state index in [1.807, 2.05) is 0 Å². The molecule has 1 aliphatic heterocycles. The fourth-order valence-electron chi connectivity index (χ4n) is 3.86. The molecule has 3 aromatic rings. The molecule has 0 saturated carbocycles. The third-order valence-electron chi connectivity index (χ3n) is 5.18. The van der Waals surface area contributed by atoms with Gasteiger partial charge in [0.05, 0.1) is 12.4 Å². The SMILES string of the molecule is O[C@@H]1[C@H](O)CS[C@H]1n1cnc2c(NC3Cc4ccccc4C3)nc(Cl)nc21. The second-order valence-corrected chi connectivity index (χ2v) is 8.45. The summed E-state index contributed by atoms with van der Waals surface area (Å²) in [5, 5.41) is 23.3.